The lowest BCUT2D eigenvalue weighted by Gasteiger charge is -2.41. The third kappa shape index (κ3) is 6.39. The maximum Gasteiger partial charge on any atom is 0.234 e. The number of aliphatic imine (C=N–C) groups is 1. The number of hydrogen-bond acceptors (Lipinski definition) is 8. The Morgan fingerprint density at radius 2 is 1.53 bits per heavy atom. The number of amides is 2. The number of benzene rings is 3. The molecule has 2 N–H and O–H groups in total. The molecule has 3 aromatic rings. The van der Waals surface area contributed by atoms with Crippen molar-refractivity contribution in [2.24, 2.45) is 16.3 Å². The van der Waals surface area contributed by atoms with Gasteiger partial charge in [0.15, 0.2) is 6.23 Å². The molecule has 9 nitrogen and oxygen atoms in total. The van der Waals surface area contributed by atoms with Crippen molar-refractivity contribution in [3.8, 4) is 0 Å². The van der Waals surface area contributed by atoms with E-state index in [2.05, 4.69) is 71.2 Å². The van der Waals surface area contributed by atoms with E-state index in [1.165, 1.54) is 48.3 Å². The van der Waals surface area contributed by atoms with E-state index in [9.17, 15) is 14.7 Å². The number of hydrogen-bond donors (Lipinski definition) is 2. The zero-order valence-corrected chi connectivity index (χ0v) is 34.0. The smallest absolute Gasteiger partial charge is 0.234 e. The van der Waals surface area contributed by atoms with Crippen molar-refractivity contribution in [2.45, 2.75) is 94.6 Å². The molecule has 10 rings (SSSR count). The maximum absolute atomic E-state index is 15.3. The van der Waals surface area contributed by atoms with Crippen LogP contribution in [0.2, 0.25) is 0 Å². The molecule has 0 aromatic heterocycles. The topological polar surface area (TPSA) is 91.7 Å². The van der Waals surface area contributed by atoms with E-state index in [0.717, 1.165) is 112 Å². The Morgan fingerprint density at radius 1 is 0.807 bits per heavy atom. The summed E-state index contributed by atoms with van der Waals surface area (Å²) in [5, 5.41) is 13.5. The SMILES string of the molecule is O=C1CCC(c2c(F)cc(N3CCC4(CCN(CC5CCN(c6ccc7c(c6)N6C(=NC(O)c8c(Br)cccc86)C76CCCCC6)CC5)C4)CC3)cc2F)C(=O)N1. The van der Waals surface area contributed by atoms with E-state index in [0.29, 0.717) is 11.6 Å². The van der Waals surface area contributed by atoms with Gasteiger partial charge in [-0.05, 0) is 111 Å². The van der Waals surface area contributed by atoms with Gasteiger partial charge >= 0.3 is 0 Å². The summed E-state index contributed by atoms with van der Waals surface area (Å²) in [6.45, 7) is 6.85. The van der Waals surface area contributed by atoms with Crippen LogP contribution in [-0.2, 0) is 15.0 Å². The van der Waals surface area contributed by atoms with Gasteiger partial charge in [-0.1, -0.05) is 47.3 Å². The van der Waals surface area contributed by atoms with Gasteiger partial charge in [-0.15, -0.1) is 0 Å². The third-order valence-electron chi connectivity index (χ3n) is 14.7. The van der Waals surface area contributed by atoms with Gasteiger partial charge in [-0.25, -0.2) is 13.8 Å². The van der Waals surface area contributed by atoms with Gasteiger partial charge in [-0.3, -0.25) is 19.8 Å². The minimum absolute atomic E-state index is 0.0788. The molecule has 0 bridgehead atoms. The molecule has 4 saturated heterocycles. The normalized spacial score (nSPS) is 25.8. The number of rotatable bonds is 5. The molecule has 7 aliphatic rings. The number of carbonyl (C=O) groups is 2. The standard InChI is InChI=1S/C45H51BrF2N6O3/c46-33-5-4-6-36-40(33)42(57)50-43-45(13-2-1-3-14-45)32-9-7-29(25-37(32)54(36)43)52-18-11-28(12-19-52)26-51-20-15-44(27-51)16-21-53(22-17-44)30-23-34(47)39(35(48)24-30)31-8-10-38(55)49-41(31)56/h4-7,9,23-25,28,31,42,57H,1-3,8,10-22,26-27H2,(H,49,55,56). The Morgan fingerprint density at radius 3 is 2.26 bits per heavy atom. The second-order valence-electron chi connectivity index (χ2n) is 17.9. The minimum Gasteiger partial charge on any atom is -0.371 e. The lowest BCUT2D eigenvalue weighted by molar-refractivity contribution is -0.134. The summed E-state index contributed by atoms with van der Waals surface area (Å²) in [6.07, 6.45) is 10.5. The number of carbonyl (C=O) groups excluding carboxylic acids is 2. The molecule has 6 aliphatic heterocycles. The zero-order chi connectivity index (χ0) is 39.1. The van der Waals surface area contributed by atoms with Crippen LogP contribution in [-0.4, -0.2) is 73.5 Å². The second kappa shape index (κ2) is 14.4. The van der Waals surface area contributed by atoms with Crippen molar-refractivity contribution >= 4 is 56.3 Å². The first kappa shape index (κ1) is 37.4. The number of halogens is 3. The predicted octanol–water partition coefficient (Wildman–Crippen LogP) is 8.21. The number of nitrogens with one attached hydrogen (secondary N) is 1. The summed E-state index contributed by atoms with van der Waals surface area (Å²) in [7, 11) is 0. The average Bonchev–Trinajstić information content (AvgIpc) is 3.71. The second-order valence-corrected chi connectivity index (χ2v) is 18.8. The molecule has 0 radical (unpaired) electrons. The molecule has 2 spiro atoms. The van der Waals surface area contributed by atoms with Gasteiger partial charge in [0.1, 0.15) is 17.5 Å². The van der Waals surface area contributed by atoms with Crippen LogP contribution in [0.3, 0.4) is 0 Å². The average molecular weight is 842 g/mol. The fourth-order valence-electron chi connectivity index (χ4n) is 11.6. The van der Waals surface area contributed by atoms with Gasteiger partial charge < -0.3 is 19.8 Å². The minimum atomic E-state index is -0.984. The first-order valence-corrected chi connectivity index (χ1v) is 22.0. The van der Waals surface area contributed by atoms with Crippen LogP contribution in [0, 0.1) is 23.0 Å². The fraction of sp³-hybridized carbons (Fsp3) is 0.533. The van der Waals surface area contributed by atoms with Crippen molar-refractivity contribution < 1.29 is 23.5 Å². The summed E-state index contributed by atoms with van der Waals surface area (Å²) in [5.74, 6) is -1.78. The van der Waals surface area contributed by atoms with Crippen molar-refractivity contribution in [3.63, 3.8) is 0 Å². The highest BCUT2D eigenvalue weighted by molar-refractivity contribution is 9.10. The number of amidine groups is 1. The number of anilines is 4. The maximum atomic E-state index is 15.3. The number of fused-ring (bicyclic) bond motifs is 7. The van der Waals surface area contributed by atoms with Crippen LogP contribution in [0.4, 0.5) is 31.5 Å². The Kier molecular flexibility index (Phi) is 9.48. The molecule has 57 heavy (non-hydrogen) atoms. The zero-order valence-electron chi connectivity index (χ0n) is 32.4. The first-order valence-electron chi connectivity index (χ1n) is 21.2. The van der Waals surface area contributed by atoms with E-state index in [-0.39, 0.29) is 29.2 Å². The lowest BCUT2D eigenvalue weighted by atomic mass is 9.69. The monoisotopic (exact) mass is 840 g/mol. The number of likely N-dealkylation sites (tertiary alicyclic amines) is 1. The molecule has 2 atom stereocenters. The highest BCUT2D eigenvalue weighted by Crippen LogP contribution is 2.57. The number of imide groups is 1. The van der Waals surface area contributed by atoms with Crippen molar-refractivity contribution in [1.82, 2.24) is 10.2 Å². The molecule has 12 heteroatoms. The van der Waals surface area contributed by atoms with E-state index in [4.69, 9.17) is 4.99 Å². The molecule has 3 aromatic carbocycles. The van der Waals surface area contributed by atoms with Gasteiger partial charge in [-0.2, -0.15) is 0 Å². The summed E-state index contributed by atoms with van der Waals surface area (Å²) >= 11 is 3.70. The Balaban J connectivity index is 0.769. The summed E-state index contributed by atoms with van der Waals surface area (Å²) < 4.78 is 31.5. The van der Waals surface area contributed by atoms with Gasteiger partial charge in [0, 0.05) is 72.7 Å². The predicted molar refractivity (Wildman–Crippen MR) is 221 cm³/mol. The molecule has 2 unspecified atom stereocenters. The van der Waals surface area contributed by atoms with Gasteiger partial charge in [0.05, 0.1) is 22.7 Å². The highest BCUT2D eigenvalue weighted by atomic mass is 79.9. The molecule has 1 aliphatic carbocycles. The summed E-state index contributed by atoms with van der Waals surface area (Å²) in [4.78, 5) is 38.6. The molecular weight excluding hydrogens is 790 g/mol. The number of aliphatic hydroxyl groups is 1. The quantitative estimate of drug-likeness (QED) is 0.251. The number of nitrogens with zero attached hydrogens (tertiary/aromatic N) is 5. The highest BCUT2D eigenvalue weighted by Gasteiger charge is 2.52. The van der Waals surface area contributed by atoms with Crippen LogP contribution < -0.4 is 20.0 Å². The van der Waals surface area contributed by atoms with E-state index >= 15 is 8.78 Å². The third-order valence-corrected chi connectivity index (χ3v) is 15.4. The molecule has 5 fully saturated rings. The van der Waals surface area contributed by atoms with Crippen molar-refractivity contribution in [3.05, 3.63) is 81.3 Å². The Labute approximate surface area is 341 Å². The largest absolute Gasteiger partial charge is 0.371 e. The van der Waals surface area contributed by atoms with Crippen LogP contribution in [0.25, 0.3) is 0 Å². The lowest BCUT2D eigenvalue weighted by Crippen LogP contribution is -2.43. The first-order chi connectivity index (χ1) is 27.6. The van der Waals surface area contributed by atoms with Gasteiger partial charge in [0.2, 0.25) is 11.8 Å². The summed E-state index contributed by atoms with van der Waals surface area (Å²) in [6, 6.07) is 16.0. The van der Waals surface area contributed by atoms with Crippen LogP contribution in [0.1, 0.15) is 106 Å². The fourth-order valence-corrected chi connectivity index (χ4v) is 12.2. The number of aliphatic hydroxyl groups excluding tert-OH is 1. The van der Waals surface area contributed by atoms with Crippen LogP contribution >= 0.6 is 15.9 Å². The van der Waals surface area contributed by atoms with Crippen molar-refractivity contribution in [2.75, 3.05) is 60.5 Å². The van der Waals surface area contributed by atoms with Crippen LogP contribution in [0.5, 0.6) is 0 Å². The van der Waals surface area contributed by atoms with Crippen molar-refractivity contribution in [1.29, 1.82) is 0 Å². The molecule has 300 valence electrons. The summed E-state index contributed by atoms with van der Waals surface area (Å²) in [5.41, 5.74) is 6.08. The molecular formula is C45H51BrF2N6O3. The Bertz CT molecular complexity index is 2120. The van der Waals surface area contributed by atoms with Crippen LogP contribution in [0.15, 0.2) is 58.0 Å². The molecule has 1 saturated carbocycles. The molecule has 2 amide bonds. The molecule has 6 heterocycles. The van der Waals surface area contributed by atoms with E-state index in [1.807, 2.05) is 6.07 Å². The van der Waals surface area contributed by atoms with E-state index in [1.54, 1.807) is 0 Å². The number of piperidine rings is 3. The Hall–Kier alpha value is -3.87. The van der Waals surface area contributed by atoms with E-state index < -0.39 is 35.6 Å². The van der Waals surface area contributed by atoms with Gasteiger partial charge in [0.25, 0.3) is 0 Å².